The number of halogens is 2. The van der Waals surface area contributed by atoms with Gasteiger partial charge in [-0.3, -0.25) is 14.5 Å². The predicted octanol–water partition coefficient (Wildman–Crippen LogP) is 5.18. The molecule has 3 saturated carbocycles. The number of benzene rings is 1. The fourth-order valence-corrected chi connectivity index (χ4v) is 9.08. The van der Waals surface area contributed by atoms with Gasteiger partial charge in [0.1, 0.15) is 11.6 Å². The van der Waals surface area contributed by atoms with E-state index in [2.05, 4.69) is 26.1 Å². The number of likely N-dealkylation sites (tertiary alicyclic amines) is 2. The van der Waals surface area contributed by atoms with Crippen LogP contribution in [0.4, 0.5) is 8.78 Å². The van der Waals surface area contributed by atoms with Crippen molar-refractivity contribution >= 4 is 18.9 Å². The van der Waals surface area contributed by atoms with Crippen molar-refractivity contribution in [2.45, 2.75) is 109 Å². The van der Waals surface area contributed by atoms with Gasteiger partial charge in [0.25, 0.3) is 11.8 Å². The fourth-order valence-electron chi connectivity index (χ4n) is 9.08. The highest BCUT2D eigenvalue weighted by Gasteiger charge is 2.68. The van der Waals surface area contributed by atoms with Crippen LogP contribution in [0.15, 0.2) is 42.0 Å². The summed E-state index contributed by atoms with van der Waals surface area (Å²) in [6.45, 7) is 11.0. The molecule has 0 radical (unpaired) electrons. The van der Waals surface area contributed by atoms with Crippen LogP contribution < -0.4 is 5.32 Å². The highest BCUT2D eigenvalue weighted by atomic mass is 19.3. The van der Waals surface area contributed by atoms with Crippen LogP contribution in [0.5, 0.6) is 0 Å². The number of carbonyl (C=O) groups is 2. The highest BCUT2D eigenvalue weighted by molar-refractivity contribution is 6.48. The van der Waals surface area contributed by atoms with Gasteiger partial charge in [-0.15, -0.1) is 0 Å². The Kier molecular flexibility index (Phi) is 9.12. The number of hydrogen-bond donors (Lipinski definition) is 1. The number of nitriles is 1. The van der Waals surface area contributed by atoms with Gasteiger partial charge in [-0.2, -0.15) is 5.26 Å². The lowest BCUT2D eigenvalue weighted by Gasteiger charge is -2.64. The van der Waals surface area contributed by atoms with E-state index in [-0.39, 0.29) is 59.8 Å². The van der Waals surface area contributed by atoms with E-state index >= 15 is 0 Å². The Bertz CT molecular complexity index is 1430. The van der Waals surface area contributed by atoms with Crippen LogP contribution in [0.2, 0.25) is 0 Å². The first-order chi connectivity index (χ1) is 22.1. The largest absolute Gasteiger partial charge is 0.482 e. The Morgan fingerprint density at radius 2 is 1.94 bits per heavy atom. The van der Waals surface area contributed by atoms with Crippen molar-refractivity contribution in [2.24, 2.45) is 23.2 Å². The number of amides is 2. The van der Waals surface area contributed by atoms with Crippen LogP contribution in [0.1, 0.15) is 78.7 Å². The lowest BCUT2D eigenvalue weighted by molar-refractivity contribution is -0.199. The van der Waals surface area contributed by atoms with Gasteiger partial charge in [-0.25, -0.2) is 8.78 Å². The van der Waals surface area contributed by atoms with E-state index in [9.17, 15) is 23.6 Å². The van der Waals surface area contributed by atoms with Gasteiger partial charge in [0.05, 0.1) is 24.2 Å². The van der Waals surface area contributed by atoms with E-state index in [1.165, 1.54) is 6.08 Å². The van der Waals surface area contributed by atoms with Crippen LogP contribution >= 0.6 is 0 Å². The molecule has 8 nitrogen and oxygen atoms in total. The zero-order valence-corrected chi connectivity index (χ0v) is 28.4. The average molecular weight is 651 g/mol. The standard InChI is InChI=1S/C36H49BF2N4O4/c1-33(2,43-15-13-36(38,39)23-43)20-26(21-40)32(45)42-14-9-12-25(22-42)17-31(44)41-30(16-24-10-7-6-8-11-24)37-46-29-19-27-18-28(34(27,3)4)35(29,5)47-37/h6-8,10-11,20,25,27-30H,9,12-19,22-23H2,1-5H3,(H,41,44)/b26-20+/t25-,27+,28+,29-,30+,35+/m1/s1. The van der Waals surface area contributed by atoms with Crippen LogP contribution in [0.25, 0.3) is 0 Å². The molecule has 1 aromatic carbocycles. The van der Waals surface area contributed by atoms with Gasteiger partial charge in [-0.1, -0.05) is 44.2 Å². The van der Waals surface area contributed by atoms with Gasteiger partial charge in [-0.05, 0) is 87.7 Å². The molecule has 6 aliphatic rings. The molecule has 254 valence electrons. The minimum atomic E-state index is -2.77. The summed E-state index contributed by atoms with van der Waals surface area (Å²) >= 11 is 0. The Morgan fingerprint density at radius 3 is 2.60 bits per heavy atom. The third-order valence-corrected chi connectivity index (χ3v) is 12.1. The quantitative estimate of drug-likeness (QED) is 0.225. The first kappa shape index (κ1) is 34.1. The molecule has 3 aliphatic carbocycles. The third-order valence-electron chi connectivity index (χ3n) is 12.1. The van der Waals surface area contributed by atoms with Crippen molar-refractivity contribution < 1.29 is 27.7 Å². The lowest BCUT2D eigenvalue weighted by atomic mass is 9.43. The van der Waals surface area contributed by atoms with Crippen molar-refractivity contribution in [2.75, 3.05) is 26.2 Å². The molecule has 2 amide bonds. The number of nitrogens with one attached hydrogen (secondary N) is 1. The summed E-state index contributed by atoms with van der Waals surface area (Å²) in [7, 11) is -0.559. The second-order valence-corrected chi connectivity index (χ2v) is 16.0. The molecule has 7 rings (SSSR count). The number of nitrogens with zero attached hydrogens (tertiary/aromatic N) is 3. The maximum absolute atomic E-state index is 13.9. The monoisotopic (exact) mass is 650 g/mol. The molecular weight excluding hydrogens is 601 g/mol. The summed E-state index contributed by atoms with van der Waals surface area (Å²) in [6, 6.07) is 12.1. The van der Waals surface area contributed by atoms with Crippen molar-refractivity contribution in [1.82, 2.24) is 15.1 Å². The molecule has 0 aromatic heterocycles. The second-order valence-electron chi connectivity index (χ2n) is 16.0. The summed E-state index contributed by atoms with van der Waals surface area (Å²) in [5, 5.41) is 13.1. The smallest absolute Gasteiger partial charge is 0.404 e. The Hall–Kier alpha value is -2.81. The topological polar surface area (TPSA) is 94.9 Å². The van der Waals surface area contributed by atoms with Gasteiger partial charge in [0.15, 0.2) is 0 Å². The SMILES string of the molecule is CC1(C)[C@@H]2C[C@H]3OB([C@H](Cc4ccccc4)NC(=O)C[C@H]4CCCN(C(=O)/C(C#N)=C/C(C)(C)N5CCC(F)(F)C5)C4)O[C@@]3(C)[C@H]1C2. The number of carbonyl (C=O) groups excluding carboxylic acids is 2. The molecule has 3 heterocycles. The Morgan fingerprint density at radius 1 is 1.19 bits per heavy atom. The molecular formula is C36H49BF2N4O4. The number of hydrogen-bond acceptors (Lipinski definition) is 6. The van der Waals surface area contributed by atoms with Gasteiger partial charge in [0.2, 0.25) is 5.91 Å². The summed E-state index contributed by atoms with van der Waals surface area (Å²) in [6.07, 6.45) is 5.72. The normalized spacial score (nSPS) is 32.3. The van der Waals surface area contributed by atoms with E-state index in [1.807, 2.05) is 36.4 Å². The maximum Gasteiger partial charge on any atom is 0.482 e. The van der Waals surface area contributed by atoms with Gasteiger partial charge < -0.3 is 19.5 Å². The zero-order chi connectivity index (χ0) is 33.8. The minimum absolute atomic E-state index is 0.00619. The Labute approximate surface area is 278 Å². The van der Waals surface area contributed by atoms with Gasteiger partial charge >= 0.3 is 7.12 Å². The van der Waals surface area contributed by atoms with E-state index in [0.717, 1.165) is 24.8 Å². The van der Waals surface area contributed by atoms with Crippen molar-refractivity contribution in [1.29, 1.82) is 5.26 Å². The number of alkyl halides is 2. The molecule has 1 N–H and O–H groups in total. The predicted molar refractivity (Wildman–Crippen MR) is 175 cm³/mol. The molecule has 2 bridgehead atoms. The molecule has 0 spiro atoms. The summed E-state index contributed by atoms with van der Waals surface area (Å²) in [5.41, 5.74) is -0.0161. The van der Waals surface area contributed by atoms with Crippen LogP contribution in [-0.2, 0) is 25.3 Å². The molecule has 0 unspecified atom stereocenters. The molecule has 47 heavy (non-hydrogen) atoms. The molecule has 11 heteroatoms. The molecule has 3 aliphatic heterocycles. The first-order valence-electron chi connectivity index (χ1n) is 17.3. The molecule has 6 atom stereocenters. The summed E-state index contributed by atoms with van der Waals surface area (Å²) in [4.78, 5) is 30.4. The van der Waals surface area contributed by atoms with E-state index in [0.29, 0.717) is 37.8 Å². The number of piperidine rings is 1. The fraction of sp³-hybridized carbons (Fsp3) is 0.694. The van der Waals surface area contributed by atoms with Crippen molar-refractivity contribution in [3.8, 4) is 6.07 Å². The highest BCUT2D eigenvalue weighted by Crippen LogP contribution is 2.65. The molecule has 1 aromatic rings. The van der Waals surface area contributed by atoms with Crippen LogP contribution in [0.3, 0.4) is 0 Å². The van der Waals surface area contributed by atoms with Crippen LogP contribution in [0, 0.1) is 34.5 Å². The van der Waals surface area contributed by atoms with E-state index in [1.54, 1.807) is 23.6 Å². The summed E-state index contributed by atoms with van der Waals surface area (Å²) in [5.74, 6) is -2.71. The first-order valence-corrected chi connectivity index (χ1v) is 17.3. The number of rotatable bonds is 9. The van der Waals surface area contributed by atoms with Crippen LogP contribution in [-0.4, -0.2) is 84.0 Å². The minimum Gasteiger partial charge on any atom is -0.404 e. The van der Waals surface area contributed by atoms with E-state index in [4.69, 9.17) is 9.31 Å². The summed E-state index contributed by atoms with van der Waals surface area (Å²) < 4.78 is 41.2. The maximum atomic E-state index is 13.9. The van der Waals surface area contributed by atoms with Gasteiger partial charge in [0, 0.05) is 38.0 Å². The lowest BCUT2D eigenvalue weighted by Crippen LogP contribution is -2.65. The van der Waals surface area contributed by atoms with Crippen molar-refractivity contribution in [3.05, 3.63) is 47.5 Å². The second kappa shape index (κ2) is 12.6. The molecule has 6 fully saturated rings. The third kappa shape index (κ3) is 6.75. The van der Waals surface area contributed by atoms with Crippen molar-refractivity contribution in [3.63, 3.8) is 0 Å². The average Bonchev–Trinajstić information content (AvgIpc) is 3.58. The zero-order valence-electron chi connectivity index (χ0n) is 28.4. The molecule has 3 saturated heterocycles. The van der Waals surface area contributed by atoms with E-state index < -0.39 is 31.0 Å². The Balaban J connectivity index is 1.10.